The molecule has 90 valence electrons. The first-order valence-corrected chi connectivity index (χ1v) is 5.58. The molecule has 2 N–H and O–H groups in total. The van der Waals surface area contributed by atoms with Gasteiger partial charge in [0.05, 0.1) is 19.3 Å². The van der Waals surface area contributed by atoms with Gasteiger partial charge in [-0.1, -0.05) is 24.3 Å². The minimum Gasteiger partial charge on any atom is -0.478 e. The highest BCUT2D eigenvalue weighted by atomic mass is 16.5. The van der Waals surface area contributed by atoms with E-state index < -0.39 is 5.97 Å². The quantitative estimate of drug-likeness (QED) is 0.776. The van der Waals surface area contributed by atoms with E-state index in [4.69, 9.17) is 9.84 Å². The molecule has 0 aromatic heterocycles. The molecule has 0 amide bonds. The summed E-state index contributed by atoms with van der Waals surface area (Å²) in [6, 6.07) is 8.04. The third-order valence-corrected chi connectivity index (χ3v) is 2.68. The van der Waals surface area contributed by atoms with E-state index in [0.717, 1.165) is 30.4 Å². The van der Waals surface area contributed by atoms with Gasteiger partial charge in [-0.05, 0) is 17.2 Å². The Morgan fingerprint density at radius 2 is 2.18 bits per heavy atom. The Kier molecular flexibility index (Phi) is 3.90. The monoisotopic (exact) mass is 233 g/mol. The van der Waals surface area contributed by atoms with Crippen molar-refractivity contribution in [2.45, 2.75) is 6.04 Å². The lowest BCUT2D eigenvalue weighted by Crippen LogP contribution is -2.34. The van der Waals surface area contributed by atoms with Gasteiger partial charge in [0.1, 0.15) is 0 Å². The standard InChI is InChI=1S/C13H15NO3/c15-13(16)6-3-10-1-4-11(5-2-10)12-9-17-8-7-14-12/h1-6,12,14H,7-9H2,(H,15,16)/b6-3+. The molecule has 1 saturated heterocycles. The van der Waals surface area contributed by atoms with Gasteiger partial charge in [-0.15, -0.1) is 0 Å². The maximum Gasteiger partial charge on any atom is 0.328 e. The third-order valence-electron chi connectivity index (χ3n) is 2.68. The Balaban J connectivity index is 2.04. The van der Waals surface area contributed by atoms with E-state index in [0.29, 0.717) is 6.61 Å². The summed E-state index contributed by atoms with van der Waals surface area (Å²) in [5.74, 6) is -0.934. The predicted octanol–water partition coefficient (Wildman–Crippen LogP) is 1.45. The van der Waals surface area contributed by atoms with E-state index in [2.05, 4.69) is 5.32 Å². The maximum absolute atomic E-state index is 10.4. The fourth-order valence-electron chi connectivity index (χ4n) is 1.79. The number of aliphatic carboxylic acids is 1. The molecule has 0 saturated carbocycles. The normalized spacial score (nSPS) is 20.6. The van der Waals surface area contributed by atoms with E-state index in [9.17, 15) is 4.79 Å². The summed E-state index contributed by atoms with van der Waals surface area (Å²) >= 11 is 0. The number of carbonyl (C=O) groups is 1. The first kappa shape index (κ1) is 11.8. The van der Waals surface area contributed by atoms with Crippen molar-refractivity contribution in [3.63, 3.8) is 0 Å². The van der Waals surface area contributed by atoms with Crippen molar-refractivity contribution < 1.29 is 14.6 Å². The molecule has 0 radical (unpaired) electrons. The summed E-state index contributed by atoms with van der Waals surface area (Å²) in [4.78, 5) is 10.4. The number of hydrogen-bond acceptors (Lipinski definition) is 3. The number of ether oxygens (including phenoxy) is 1. The highest BCUT2D eigenvalue weighted by Crippen LogP contribution is 2.16. The smallest absolute Gasteiger partial charge is 0.328 e. The average molecular weight is 233 g/mol. The van der Waals surface area contributed by atoms with E-state index in [1.54, 1.807) is 6.08 Å². The second-order valence-corrected chi connectivity index (χ2v) is 3.92. The molecule has 1 aromatic rings. The Morgan fingerprint density at radius 1 is 1.41 bits per heavy atom. The zero-order valence-electron chi connectivity index (χ0n) is 9.43. The van der Waals surface area contributed by atoms with Crippen LogP contribution in [0.1, 0.15) is 17.2 Å². The van der Waals surface area contributed by atoms with Crippen LogP contribution >= 0.6 is 0 Å². The van der Waals surface area contributed by atoms with E-state index in [1.165, 1.54) is 0 Å². The van der Waals surface area contributed by atoms with Gasteiger partial charge in [0, 0.05) is 12.6 Å². The average Bonchev–Trinajstić information content (AvgIpc) is 2.38. The number of hydrogen-bond donors (Lipinski definition) is 2. The van der Waals surface area contributed by atoms with Crippen LogP contribution in [0, 0.1) is 0 Å². The minimum absolute atomic E-state index is 0.237. The Morgan fingerprint density at radius 3 is 2.76 bits per heavy atom. The van der Waals surface area contributed by atoms with E-state index >= 15 is 0 Å². The fraction of sp³-hybridized carbons (Fsp3) is 0.308. The number of nitrogens with one attached hydrogen (secondary N) is 1. The van der Waals surface area contributed by atoms with Gasteiger partial charge in [-0.25, -0.2) is 4.79 Å². The SMILES string of the molecule is O=C(O)/C=C/c1ccc(C2COCCN2)cc1. The number of rotatable bonds is 3. The zero-order valence-corrected chi connectivity index (χ0v) is 9.43. The number of benzene rings is 1. The van der Waals surface area contributed by atoms with Crippen LogP contribution in [0.2, 0.25) is 0 Å². The largest absolute Gasteiger partial charge is 0.478 e. The summed E-state index contributed by atoms with van der Waals surface area (Å²) in [6.07, 6.45) is 2.72. The topological polar surface area (TPSA) is 58.6 Å². The summed E-state index contributed by atoms with van der Waals surface area (Å²) in [5.41, 5.74) is 2.05. The van der Waals surface area contributed by atoms with Gasteiger partial charge in [0.2, 0.25) is 0 Å². The van der Waals surface area contributed by atoms with Gasteiger partial charge in [-0.3, -0.25) is 0 Å². The van der Waals surface area contributed by atoms with Crippen LogP contribution in [-0.2, 0) is 9.53 Å². The summed E-state index contributed by atoms with van der Waals surface area (Å²) in [6.45, 7) is 2.31. The minimum atomic E-state index is -0.934. The molecule has 17 heavy (non-hydrogen) atoms. The van der Waals surface area contributed by atoms with Crippen molar-refractivity contribution in [1.82, 2.24) is 5.32 Å². The fourth-order valence-corrected chi connectivity index (χ4v) is 1.79. The molecule has 1 aromatic carbocycles. The maximum atomic E-state index is 10.4. The van der Waals surface area contributed by atoms with Crippen LogP contribution in [0.4, 0.5) is 0 Å². The highest BCUT2D eigenvalue weighted by molar-refractivity contribution is 5.85. The summed E-state index contributed by atoms with van der Waals surface area (Å²) in [7, 11) is 0. The molecule has 1 aliphatic heterocycles. The van der Waals surface area contributed by atoms with E-state index in [1.807, 2.05) is 24.3 Å². The predicted molar refractivity (Wildman–Crippen MR) is 64.7 cm³/mol. The van der Waals surface area contributed by atoms with Crippen molar-refractivity contribution in [2.24, 2.45) is 0 Å². The van der Waals surface area contributed by atoms with Gasteiger partial charge in [0.25, 0.3) is 0 Å². The number of carboxylic acid groups (broad SMARTS) is 1. The molecule has 1 unspecified atom stereocenters. The van der Waals surface area contributed by atoms with Gasteiger partial charge in [0.15, 0.2) is 0 Å². The summed E-state index contributed by atoms with van der Waals surface area (Å²) < 4.78 is 5.39. The van der Waals surface area contributed by atoms with Crippen LogP contribution < -0.4 is 5.32 Å². The lowest BCUT2D eigenvalue weighted by Gasteiger charge is -2.24. The molecule has 4 heteroatoms. The first-order chi connectivity index (χ1) is 8.25. The van der Waals surface area contributed by atoms with Gasteiger partial charge in [-0.2, -0.15) is 0 Å². The third kappa shape index (κ3) is 3.41. The molecule has 0 spiro atoms. The molecule has 0 aliphatic carbocycles. The molecular formula is C13H15NO3. The summed E-state index contributed by atoms with van der Waals surface area (Å²) in [5, 5.41) is 11.9. The van der Waals surface area contributed by atoms with Crippen molar-refractivity contribution in [3.05, 3.63) is 41.5 Å². The van der Waals surface area contributed by atoms with Gasteiger partial charge >= 0.3 is 5.97 Å². The molecular weight excluding hydrogens is 218 g/mol. The molecule has 1 heterocycles. The lowest BCUT2D eigenvalue weighted by molar-refractivity contribution is -0.131. The molecule has 2 rings (SSSR count). The van der Waals surface area contributed by atoms with Crippen LogP contribution in [-0.4, -0.2) is 30.8 Å². The Bertz CT molecular complexity index is 405. The van der Waals surface area contributed by atoms with Crippen molar-refractivity contribution in [2.75, 3.05) is 19.8 Å². The number of carboxylic acids is 1. The van der Waals surface area contributed by atoms with Crippen LogP contribution in [0.25, 0.3) is 6.08 Å². The van der Waals surface area contributed by atoms with E-state index in [-0.39, 0.29) is 6.04 Å². The highest BCUT2D eigenvalue weighted by Gasteiger charge is 2.14. The van der Waals surface area contributed by atoms with Gasteiger partial charge < -0.3 is 15.2 Å². The first-order valence-electron chi connectivity index (χ1n) is 5.58. The lowest BCUT2D eigenvalue weighted by atomic mass is 10.0. The molecule has 1 fully saturated rings. The molecule has 1 aliphatic rings. The van der Waals surface area contributed by atoms with Crippen molar-refractivity contribution in [3.8, 4) is 0 Å². The molecule has 1 atom stereocenters. The second-order valence-electron chi connectivity index (χ2n) is 3.92. The number of morpholine rings is 1. The van der Waals surface area contributed by atoms with Crippen LogP contribution in [0.3, 0.4) is 0 Å². The second kappa shape index (κ2) is 5.61. The van der Waals surface area contributed by atoms with Crippen molar-refractivity contribution >= 4 is 12.0 Å². The Hall–Kier alpha value is -1.65. The van der Waals surface area contributed by atoms with Crippen LogP contribution in [0.15, 0.2) is 30.3 Å². The van der Waals surface area contributed by atoms with Crippen molar-refractivity contribution in [1.29, 1.82) is 0 Å². The zero-order chi connectivity index (χ0) is 12.1. The molecule has 4 nitrogen and oxygen atoms in total. The van der Waals surface area contributed by atoms with Crippen LogP contribution in [0.5, 0.6) is 0 Å². The Labute approximate surface area is 99.9 Å². The molecule has 0 bridgehead atoms.